The van der Waals surface area contributed by atoms with E-state index in [1.165, 1.54) is 4.80 Å². The van der Waals surface area contributed by atoms with Gasteiger partial charge in [0.05, 0.1) is 0 Å². The number of tetrazole rings is 1. The van der Waals surface area contributed by atoms with Crippen LogP contribution in [0.3, 0.4) is 0 Å². The Morgan fingerprint density at radius 1 is 1.33 bits per heavy atom. The van der Waals surface area contributed by atoms with Gasteiger partial charge in [-0.3, -0.25) is 4.79 Å². The highest BCUT2D eigenvalue weighted by atomic mass is 16.5. The molecule has 3 rings (SSSR count). The third-order valence-corrected chi connectivity index (χ3v) is 3.39. The van der Waals surface area contributed by atoms with E-state index in [4.69, 9.17) is 4.52 Å². The topological polar surface area (TPSA) is 112 Å². The van der Waals surface area contributed by atoms with Gasteiger partial charge in [0, 0.05) is 18.5 Å². The number of benzene rings is 1. The molecule has 0 aliphatic carbocycles. The molecule has 0 saturated heterocycles. The number of amides is 1. The van der Waals surface area contributed by atoms with Gasteiger partial charge in [0.1, 0.15) is 6.04 Å². The molecule has 0 fully saturated rings. The summed E-state index contributed by atoms with van der Waals surface area (Å²) in [4.78, 5) is 17.6. The van der Waals surface area contributed by atoms with Crippen molar-refractivity contribution in [1.82, 2.24) is 35.7 Å². The molecule has 0 saturated carbocycles. The zero-order valence-corrected chi connectivity index (χ0v) is 13.4. The molecule has 24 heavy (non-hydrogen) atoms. The zero-order chi connectivity index (χ0) is 16.9. The summed E-state index contributed by atoms with van der Waals surface area (Å²) in [5, 5.41) is 18.7. The van der Waals surface area contributed by atoms with Crippen LogP contribution in [0, 0.1) is 6.92 Å². The van der Waals surface area contributed by atoms with Gasteiger partial charge in [-0.05, 0) is 19.1 Å². The number of rotatable bonds is 6. The molecule has 0 unspecified atom stereocenters. The normalized spacial score (nSPS) is 12.1. The van der Waals surface area contributed by atoms with Gasteiger partial charge in [-0.25, -0.2) is 0 Å². The van der Waals surface area contributed by atoms with E-state index in [2.05, 4.69) is 30.9 Å². The van der Waals surface area contributed by atoms with E-state index in [9.17, 15) is 4.79 Å². The average Bonchev–Trinajstić information content (AvgIpc) is 3.24. The lowest BCUT2D eigenvalue weighted by molar-refractivity contribution is -0.124. The third-order valence-electron chi connectivity index (χ3n) is 3.39. The fourth-order valence-corrected chi connectivity index (χ4v) is 2.08. The standard InChI is InChI=1S/C15H17N7O2/c1-10(15(23)16-9-8-13-17-11(2)20-24-13)22-19-14(18-21-22)12-6-4-3-5-7-12/h3-7,10H,8-9H2,1-2H3,(H,16,23)/t10-/m1/s1. The number of carbonyl (C=O) groups excluding carboxylic acids is 1. The SMILES string of the molecule is Cc1noc(CCNC(=O)[C@@H](C)n2nnc(-c3ccccc3)n2)n1. The van der Waals surface area contributed by atoms with Crippen LogP contribution in [0.25, 0.3) is 11.4 Å². The van der Waals surface area contributed by atoms with Gasteiger partial charge in [0.15, 0.2) is 5.82 Å². The lowest BCUT2D eigenvalue weighted by Crippen LogP contribution is -2.33. The van der Waals surface area contributed by atoms with E-state index in [1.807, 2.05) is 30.3 Å². The fraction of sp³-hybridized carbons (Fsp3) is 0.333. The summed E-state index contributed by atoms with van der Waals surface area (Å²) < 4.78 is 4.99. The Morgan fingerprint density at radius 2 is 2.12 bits per heavy atom. The van der Waals surface area contributed by atoms with E-state index < -0.39 is 6.04 Å². The smallest absolute Gasteiger partial charge is 0.246 e. The van der Waals surface area contributed by atoms with Crippen LogP contribution in [0.4, 0.5) is 0 Å². The van der Waals surface area contributed by atoms with Crippen molar-refractivity contribution in [2.45, 2.75) is 26.3 Å². The van der Waals surface area contributed by atoms with Crippen molar-refractivity contribution >= 4 is 5.91 Å². The monoisotopic (exact) mass is 327 g/mol. The third kappa shape index (κ3) is 3.62. The van der Waals surface area contributed by atoms with Gasteiger partial charge in [-0.1, -0.05) is 35.5 Å². The summed E-state index contributed by atoms with van der Waals surface area (Å²) in [6.07, 6.45) is 0.472. The summed E-state index contributed by atoms with van der Waals surface area (Å²) >= 11 is 0. The molecule has 9 heteroatoms. The van der Waals surface area contributed by atoms with E-state index in [1.54, 1.807) is 13.8 Å². The number of aryl methyl sites for hydroxylation is 1. The Hall–Kier alpha value is -3.10. The van der Waals surface area contributed by atoms with Crippen LogP contribution in [0.5, 0.6) is 0 Å². The minimum Gasteiger partial charge on any atom is -0.354 e. The second kappa shape index (κ2) is 6.99. The summed E-state index contributed by atoms with van der Waals surface area (Å²) in [6.45, 7) is 3.85. The molecule has 2 heterocycles. The zero-order valence-electron chi connectivity index (χ0n) is 13.4. The lowest BCUT2D eigenvalue weighted by atomic mass is 10.2. The van der Waals surface area contributed by atoms with Crippen LogP contribution < -0.4 is 5.32 Å². The highest BCUT2D eigenvalue weighted by Crippen LogP contribution is 2.13. The molecule has 0 aliphatic heterocycles. The first-order chi connectivity index (χ1) is 11.6. The Bertz CT molecular complexity index is 812. The van der Waals surface area contributed by atoms with Gasteiger partial charge >= 0.3 is 0 Å². The van der Waals surface area contributed by atoms with Crippen LogP contribution in [-0.2, 0) is 11.2 Å². The van der Waals surface area contributed by atoms with Gasteiger partial charge < -0.3 is 9.84 Å². The number of hydrogen-bond acceptors (Lipinski definition) is 7. The van der Waals surface area contributed by atoms with Crippen molar-refractivity contribution in [2.24, 2.45) is 0 Å². The molecular formula is C15H17N7O2. The predicted molar refractivity (Wildman–Crippen MR) is 83.7 cm³/mol. The van der Waals surface area contributed by atoms with Gasteiger partial charge in [-0.2, -0.15) is 9.78 Å². The van der Waals surface area contributed by atoms with Gasteiger partial charge in [-0.15, -0.1) is 10.2 Å². The molecule has 1 aromatic carbocycles. The molecule has 124 valence electrons. The Labute approximate surface area is 138 Å². The molecule has 2 aromatic heterocycles. The van der Waals surface area contributed by atoms with Crippen molar-refractivity contribution in [1.29, 1.82) is 0 Å². The van der Waals surface area contributed by atoms with Crippen molar-refractivity contribution in [2.75, 3.05) is 6.54 Å². The molecular weight excluding hydrogens is 310 g/mol. The minimum atomic E-state index is -0.570. The van der Waals surface area contributed by atoms with Crippen molar-refractivity contribution in [3.63, 3.8) is 0 Å². The summed E-state index contributed by atoms with van der Waals surface area (Å²) in [6, 6.07) is 8.90. The van der Waals surface area contributed by atoms with Crippen molar-refractivity contribution < 1.29 is 9.32 Å². The molecule has 0 radical (unpaired) electrons. The number of carbonyl (C=O) groups is 1. The summed E-state index contributed by atoms with van der Waals surface area (Å²) in [7, 11) is 0. The van der Waals surface area contributed by atoms with Crippen LogP contribution >= 0.6 is 0 Å². The number of nitrogens with zero attached hydrogens (tertiary/aromatic N) is 6. The minimum absolute atomic E-state index is 0.205. The molecule has 1 atom stereocenters. The highest BCUT2D eigenvalue weighted by Gasteiger charge is 2.18. The van der Waals surface area contributed by atoms with Gasteiger partial charge in [0.2, 0.25) is 17.6 Å². The van der Waals surface area contributed by atoms with Crippen LogP contribution in [0.1, 0.15) is 24.7 Å². The molecule has 0 spiro atoms. The molecule has 9 nitrogen and oxygen atoms in total. The molecule has 1 amide bonds. The van der Waals surface area contributed by atoms with Crippen molar-refractivity contribution in [3.8, 4) is 11.4 Å². The van der Waals surface area contributed by atoms with Crippen molar-refractivity contribution in [3.05, 3.63) is 42.0 Å². The second-order valence-corrected chi connectivity index (χ2v) is 5.25. The predicted octanol–water partition coefficient (Wildman–Crippen LogP) is 0.951. The number of nitrogens with one attached hydrogen (secondary N) is 1. The maximum atomic E-state index is 12.2. The van der Waals surface area contributed by atoms with E-state index in [-0.39, 0.29) is 5.91 Å². The maximum absolute atomic E-state index is 12.2. The van der Waals surface area contributed by atoms with E-state index in [0.717, 1.165) is 5.56 Å². The largest absolute Gasteiger partial charge is 0.354 e. The first-order valence-electron chi connectivity index (χ1n) is 7.55. The fourth-order valence-electron chi connectivity index (χ4n) is 2.08. The molecule has 1 N–H and O–H groups in total. The molecule has 0 bridgehead atoms. The van der Waals surface area contributed by atoms with E-state index in [0.29, 0.717) is 30.5 Å². The quantitative estimate of drug-likeness (QED) is 0.717. The Kier molecular flexibility index (Phi) is 4.59. The maximum Gasteiger partial charge on any atom is 0.246 e. The number of hydrogen-bond donors (Lipinski definition) is 1. The van der Waals surface area contributed by atoms with Crippen LogP contribution in [0.15, 0.2) is 34.9 Å². The van der Waals surface area contributed by atoms with Crippen LogP contribution in [-0.4, -0.2) is 42.8 Å². The Morgan fingerprint density at radius 3 is 2.83 bits per heavy atom. The summed E-state index contributed by atoms with van der Waals surface area (Å²) in [5.41, 5.74) is 0.850. The summed E-state index contributed by atoms with van der Waals surface area (Å²) in [5.74, 6) is 1.34. The second-order valence-electron chi connectivity index (χ2n) is 5.25. The Balaban J connectivity index is 1.56. The van der Waals surface area contributed by atoms with Crippen LogP contribution in [0.2, 0.25) is 0 Å². The molecule has 0 aliphatic rings. The average molecular weight is 327 g/mol. The first kappa shape index (κ1) is 15.8. The lowest BCUT2D eigenvalue weighted by Gasteiger charge is -2.09. The van der Waals surface area contributed by atoms with Gasteiger partial charge in [0.25, 0.3) is 0 Å². The number of aromatic nitrogens is 6. The highest BCUT2D eigenvalue weighted by molar-refractivity contribution is 5.79. The molecule has 3 aromatic rings. The van der Waals surface area contributed by atoms with E-state index >= 15 is 0 Å². The first-order valence-corrected chi connectivity index (χ1v) is 7.55.